The summed E-state index contributed by atoms with van der Waals surface area (Å²) in [5.41, 5.74) is -2.16. The molecule has 107 heavy (non-hydrogen) atoms. The summed E-state index contributed by atoms with van der Waals surface area (Å²) in [7, 11) is 11.3. The highest BCUT2D eigenvalue weighted by atomic mass is 19.4. The topological polar surface area (TPSA) is 289 Å². The van der Waals surface area contributed by atoms with Gasteiger partial charge in [0, 0.05) is 95.0 Å². The van der Waals surface area contributed by atoms with Gasteiger partial charge in [0.2, 0.25) is 70.9 Å². The lowest BCUT2D eigenvalue weighted by Gasteiger charge is -2.54. The van der Waals surface area contributed by atoms with Gasteiger partial charge in [0.25, 0.3) is 0 Å². The van der Waals surface area contributed by atoms with Crippen LogP contribution in [0.1, 0.15) is 189 Å². The number of carbonyl (C=O) groups is 12. The Labute approximate surface area is 629 Å². The SMILES string of the molecule is CCC[C@H]1C(=O)N[C@@H]([C@@H](C)CC)C(=O)N(C)CC(=O)N(C)[C@H]2C/C=C\CCN(C2=O)[C@@H](CC2CCC(C(F)(F)F)CC2)C(=O)N(C)CC(=O)N[C@@H](CCC2CC(F)C3CCOC3C2)C(=O)N2C[C@H](OCC)C[C@H]2C(=O)NC2(CC(C)(C)C2)C(=O)N(C)[C@@H](C2CCCC2)C(=O)N(C)[C@H](C(=O)N(C)C)CC(=O)N1C. The zero-order valence-corrected chi connectivity index (χ0v) is 65.7. The molecule has 0 aromatic heterocycles. The summed E-state index contributed by atoms with van der Waals surface area (Å²) < 4.78 is 70.5. The molecule has 3 saturated heterocycles. The molecule has 602 valence electrons. The highest BCUT2D eigenvalue weighted by molar-refractivity contribution is 6.01. The van der Waals surface area contributed by atoms with E-state index in [4.69, 9.17) is 9.47 Å². The molecule has 4 aliphatic heterocycles. The van der Waals surface area contributed by atoms with Crippen molar-refractivity contribution in [1.29, 1.82) is 0 Å². The summed E-state index contributed by atoms with van der Waals surface area (Å²) in [6.07, 6.45) is 0.982. The smallest absolute Gasteiger partial charge is 0.378 e. The molecule has 26 nitrogen and oxygen atoms in total. The van der Waals surface area contributed by atoms with Crippen molar-refractivity contribution in [2.45, 2.75) is 268 Å². The molecule has 4 unspecified atom stereocenters. The fraction of sp³-hybridized carbons (Fsp3) is 0.818. The fourth-order valence-corrected chi connectivity index (χ4v) is 18.4. The van der Waals surface area contributed by atoms with Crippen molar-refractivity contribution < 1.29 is 84.6 Å². The van der Waals surface area contributed by atoms with Crippen molar-refractivity contribution in [1.82, 2.24) is 60.0 Å². The molecule has 14 atom stereocenters. The molecule has 8 rings (SSSR count). The summed E-state index contributed by atoms with van der Waals surface area (Å²) in [5.74, 6) is -11.9. The molecular weight excluding hydrogens is 1390 g/mol. The predicted molar refractivity (Wildman–Crippen MR) is 389 cm³/mol. The number of ether oxygens (including phenoxy) is 2. The van der Waals surface area contributed by atoms with E-state index in [2.05, 4.69) is 16.0 Å². The molecule has 1 spiro atoms. The zero-order valence-electron chi connectivity index (χ0n) is 65.7. The second-order valence-corrected chi connectivity index (χ2v) is 33.3. The Morgan fingerprint density at radius 3 is 1.97 bits per heavy atom. The molecule has 0 radical (unpaired) electrons. The van der Waals surface area contributed by atoms with Crippen LogP contribution in [0, 0.1) is 40.9 Å². The van der Waals surface area contributed by atoms with Crippen molar-refractivity contribution in [2.24, 2.45) is 40.9 Å². The van der Waals surface area contributed by atoms with Gasteiger partial charge in [0.15, 0.2) is 0 Å². The third-order valence-corrected chi connectivity index (χ3v) is 24.7. The number of rotatable bonds is 13. The van der Waals surface area contributed by atoms with E-state index in [1.54, 1.807) is 32.9 Å². The quantitative estimate of drug-likeness (QED) is 0.149. The number of halogens is 4. The van der Waals surface area contributed by atoms with Gasteiger partial charge in [-0.2, -0.15) is 13.2 Å². The number of likely N-dealkylation sites (N-methyl/N-ethyl adjacent to an activating group) is 7. The summed E-state index contributed by atoms with van der Waals surface area (Å²) in [4.78, 5) is 193. The minimum absolute atomic E-state index is 0.0310. The summed E-state index contributed by atoms with van der Waals surface area (Å²) >= 11 is 0. The Morgan fingerprint density at radius 2 is 1.36 bits per heavy atom. The average molecular weight is 1520 g/mol. The highest BCUT2D eigenvalue weighted by Gasteiger charge is 2.60. The molecule has 12 amide bonds. The largest absolute Gasteiger partial charge is 0.391 e. The van der Waals surface area contributed by atoms with Crippen LogP contribution in [0.2, 0.25) is 0 Å². The summed E-state index contributed by atoms with van der Waals surface area (Å²) in [5, 5.41) is 8.85. The first kappa shape index (κ1) is 85.6. The van der Waals surface area contributed by atoms with Gasteiger partial charge in [-0.15, -0.1) is 0 Å². The van der Waals surface area contributed by atoms with Crippen molar-refractivity contribution in [3.05, 3.63) is 12.2 Å². The van der Waals surface area contributed by atoms with E-state index in [-0.39, 0.29) is 128 Å². The maximum atomic E-state index is 15.9. The second kappa shape index (κ2) is 36.7. The average Bonchev–Trinajstić information content (AvgIpc) is 1.28. The van der Waals surface area contributed by atoms with Crippen molar-refractivity contribution >= 4 is 70.9 Å². The molecular formula is C77H122F4N12O14. The van der Waals surface area contributed by atoms with E-state index >= 15 is 33.2 Å². The molecule has 4 aliphatic carbocycles. The van der Waals surface area contributed by atoms with Gasteiger partial charge < -0.3 is 69.5 Å². The second-order valence-electron chi connectivity index (χ2n) is 33.3. The van der Waals surface area contributed by atoms with E-state index in [1.807, 2.05) is 20.8 Å². The molecule has 2 bridgehead atoms. The van der Waals surface area contributed by atoms with Crippen molar-refractivity contribution in [3.8, 4) is 0 Å². The van der Waals surface area contributed by atoms with Crippen LogP contribution in [-0.2, 0) is 67.0 Å². The number of nitrogens with one attached hydrogen (secondary N) is 3. The van der Waals surface area contributed by atoms with Crippen LogP contribution in [0.3, 0.4) is 0 Å². The van der Waals surface area contributed by atoms with E-state index in [0.29, 0.717) is 45.1 Å². The Bertz CT molecular complexity index is 3230. The van der Waals surface area contributed by atoms with Crippen LogP contribution in [0.15, 0.2) is 12.2 Å². The Kier molecular flexibility index (Phi) is 29.4. The third-order valence-electron chi connectivity index (χ3n) is 24.7. The molecule has 3 N–H and O–H groups in total. The van der Waals surface area contributed by atoms with Crippen LogP contribution in [0.5, 0.6) is 0 Å². The highest BCUT2D eigenvalue weighted by Crippen LogP contribution is 2.50. The molecule has 8 aliphatic rings. The normalized spacial score (nSPS) is 33.0. The number of alkyl halides is 4. The van der Waals surface area contributed by atoms with Crippen molar-refractivity contribution in [3.63, 3.8) is 0 Å². The van der Waals surface area contributed by atoms with Crippen LogP contribution in [0.4, 0.5) is 17.6 Å². The molecule has 7 fully saturated rings. The summed E-state index contributed by atoms with van der Waals surface area (Å²) in [6.45, 7) is 10.1. The number of amides is 12. The van der Waals surface area contributed by atoms with Gasteiger partial charge in [-0.25, -0.2) is 4.39 Å². The maximum absolute atomic E-state index is 15.9. The van der Waals surface area contributed by atoms with Crippen LogP contribution < -0.4 is 16.0 Å². The molecule has 4 saturated carbocycles. The number of hydrogen-bond acceptors (Lipinski definition) is 14. The Balaban J connectivity index is 1.20. The first-order chi connectivity index (χ1) is 50.4. The number of fused-ring (bicyclic) bond motifs is 4. The lowest BCUT2D eigenvalue weighted by Crippen LogP contribution is -2.71. The molecule has 30 heteroatoms. The minimum Gasteiger partial charge on any atom is -0.378 e. The van der Waals surface area contributed by atoms with E-state index in [9.17, 15) is 41.9 Å². The molecule has 4 heterocycles. The molecule has 0 aromatic carbocycles. The van der Waals surface area contributed by atoms with E-state index in [0.717, 1.165) is 22.6 Å². The fourth-order valence-electron chi connectivity index (χ4n) is 18.4. The first-order valence-electron chi connectivity index (χ1n) is 39.3. The predicted octanol–water partition coefficient (Wildman–Crippen LogP) is 5.63. The molecule has 0 aromatic rings. The van der Waals surface area contributed by atoms with Gasteiger partial charge in [-0.3, -0.25) is 57.5 Å². The maximum Gasteiger partial charge on any atom is 0.391 e. The van der Waals surface area contributed by atoms with Crippen molar-refractivity contribution in [2.75, 3.05) is 95.8 Å². The summed E-state index contributed by atoms with van der Waals surface area (Å²) in [6, 6.07) is -10.5. The van der Waals surface area contributed by atoms with Gasteiger partial charge in [-0.05, 0) is 145 Å². The van der Waals surface area contributed by atoms with Crippen LogP contribution >= 0.6 is 0 Å². The lowest BCUT2D eigenvalue weighted by molar-refractivity contribution is -0.184. The lowest BCUT2D eigenvalue weighted by atomic mass is 9.58. The van der Waals surface area contributed by atoms with E-state index < -0.39 is 192 Å². The van der Waals surface area contributed by atoms with Crippen LogP contribution in [0.25, 0.3) is 0 Å². The Morgan fingerprint density at radius 1 is 0.692 bits per heavy atom. The first-order valence-corrected chi connectivity index (χ1v) is 39.3. The standard InChI is InChI=1S/C77H122F4N12O14/c1-15-23-55-66(97)83-64(46(4)16-2)72(103)87(10)43-63(96)89(12)56-26-19-18-22-34-92(71(56)102)59(37-47-27-30-50(31-28-47)77(79,80)81)70(101)86(9)42-61(94)82-54(32-29-48-36-53(78)52-33-35-107-60(52)38-48)68(99)93-41-51(106-17-3)39-57(93)67(98)84-76(44-75(5,6)45-76)74(105)91(14)65(49-24-20-21-25-49)73(104)90(13)58(69(100)85(7)8)40-62(95)88(55)11/h18-19,46-60,64-65H,15-17,20-45H2,1-14H3,(H,82,94)(H,83,97)(H,84,98)/b19-18-/t46-,47?,48?,50?,51+,52?,53?,54-,55-,56-,57-,58-,59-,60?,64-,65-/m0/s1. The number of hydrogen-bond donors (Lipinski definition) is 3. The van der Waals surface area contributed by atoms with E-state index in [1.165, 1.54) is 90.7 Å². The van der Waals surface area contributed by atoms with Crippen LogP contribution in [-0.4, -0.2) is 289 Å². The van der Waals surface area contributed by atoms with Gasteiger partial charge in [0.1, 0.15) is 60.0 Å². The monoisotopic (exact) mass is 1510 g/mol. The third kappa shape index (κ3) is 20.3. The van der Waals surface area contributed by atoms with Gasteiger partial charge in [-0.1, -0.05) is 72.5 Å². The minimum atomic E-state index is -4.45. The van der Waals surface area contributed by atoms with Gasteiger partial charge >= 0.3 is 6.18 Å². The van der Waals surface area contributed by atoms with Gasteiger partial charge in [0.05, 0.1) is 37.6 Å². The Hall–Kier alpha value is -6.98. The number of carbonyl (C=O) groups excluding carboxylic acids is 12. The zero-order chi connectivity index (χ0) is 78.9. The number of nitrogens with zero attached hydrogens (tertiary/aromatic N) is 9.